The summed E-state index contributed by atoms with van der Waals surface area (Å²) in [6, 6.07) is -1.56. The molecule has 1 aliphatic rings. The van der Waals surface area contributed by atoms with Gasteiger partial charge in [-0.25, -0.2) is 4.57 Å². The highest BCUT2D eigenvalue weighted by Gasteiger charge is 2.39. The summed E-state index contributed by atoms with van der Waals surface area (Å²) in [6.07, 6.45) is 24.7. The first-order chi connectivity index (χ1) is 27.3. The van der Waals surface area contributed by atoms with Gasteiger partial charge in [-0.3, -0.25) is 28.2 Å². The standard InChI is InChI=1S/C42H74NO13P/c1-3-5-7-8-9-10-11-12-13-14-15-16-22-26-41(48)56-34(31-54-57(51,52)55-32-37(43)42(49)50)30-53-40(47)25-21-18-17-20-24-35-36(39(46)29-38(35)45)28-27-33(44)23-19-6-4-2/h17,20,27-28,33-38,44-45H,3-16,18-19,21-26,29-32,43H2,1-2H3,(H,49,50)(H,51,52)/b20-17-,28-27+/t33-,34+,35+,36+,37-,38-/m0/s1. The van der Waals surface area contributed by atoms with Crippen LogP contribution >= 0.6 is 7.82 Å². The van der Waals surface area contributed by atoms with E-state index in [1.807, 2.05) is 12.2 Å². The number of carboxylic acid groups (broad SMARTS) is 1. The maximum Gasteiger partial charge on any atom is 0.472 e. The van der Waals surface area contributed by atoms with E-state index in [1.165, 1.54) is 51.4 Å². The Hall–Kier alpha value is -2.45. The summed E-state index contributed by atoms with van der Waals surface area (Å²) in [6.45, 7) is 2.42. The monoisotopic (exact) mass is 831 g/mol. The number of phosphoric acid groups is 1. The molecule has 0 aromatic heterocycles. The van der Waals surface area contributed by atoms with Crippen LogP contribution < -0.4 is 5.73 Å². The zero-order valence-corrected chi connectivity index (χ0v) is 35.5. The highest BCUT2D eigenvalue weighted by molar-refractivity contribution is 7.47. The summed E-state index contributed by atoms with van der Waals surface area (Å²) in [7, 11) is -4.78. The van der Waals surface area contributed by atoms with Crippen LogP contribution in [0.15, 0.2) is 24.3 Å². The smallest absolute Gasteiger partial charge is 0.472 e. The van der Waals surface area contributed by atoms with Gasteiger partial charge in [0.1, 0.15) is 18.4 Å². The number of carbonyl (C=O) groups is 4. The number of carboxylic acids is 1. The molecule has 0 aromatic rings. The zero-order valence-electron chi connectivity index (χ0n) is 34.6. The molecule has 0 saturated heterocycles. The molecule has 330 valence electrons. The summed E-state index contributed by atoms with van der Waals surface area (Å²) in [5.74, 6) is -3.41. The molecule has 0 bridgehead atoms. The maximum absolute atomic E-state index is 12.6. The molecule has 1 saturated carbocycles. The Morgan fingerprint density at radius 3 is 1.98 bits per heavy atom. The first-order valence-corrected chi connectivity index (χ1v) is 23.0. The van der Waals surface area contributed by atoms with Crippen molar-refractivity contribution in [2.45, 2.75) is 186 Å². The molecule has 7 atom stereocenters. The number of carbonyl (C=O) groups excluding carboxylic acids is 3. The number of hydrogen-bond donors (Lipinski definition) is 5. The number of hydrogen-bond acceptors (Lipinski definition) is 12. The van der Waals surface area contributed by atoms with E-state index in [0.717, 1.165) is 44.9 Å². The number of ketones is 1. The zero-order chi connectivity index (χ0) is 42.3. The highest BCUT2D eigenvalue weighted by Crippen LogP contribution is 2.43. The number of unbranched alkanes of at least 4 members (excludes halogenated alkanes) is 15. The van der Waals surface area contributed by atoms with Crippen molar-refractivity contribution in [2.75, 3.05) is 19.8 Å². The molecule has 0 aromatic carbocycles. The molecule has 1 aliphatic carbocycles. The van der Waals surface area contributed by atoms with Gasteiger partial charge in [-0.2, -0.15) is 0 Å². The molecule has 0 radical (unpaired) electrons. The van der Waals surface area contributed by atoms with Crippen LogP contribution in [0.2, 0.25) is 0 Å². The third-order valence-corrected chi connectivity index (χ3v) is 11.0. The van der Waals surface area contributed by atoms with Gasteiger partial charge in [0.2, 0.25) is 0 Å². The average Bonchev–Trinajstić information content (AvgIpc) is 3.44. The lowest BCUT2D eigenvalue weighted by Crippen LogP contribution is -2.34. The van der Waals surface area contributed by atoms with E-state index in [2.05, 4.69) is 18.4 Å². The predicted octanol–water partition coefficient (Wildman–Crippen LogP) is 7.65. The van der Waals surface area contributed by atoms with Crippen LogP contribution in [0.25, 0.3) is 0 Å². The summed E-state index contributed by atoms with van der Waals surface area (Å²) in [5.41, 5.74) is 5.32. The average molecular weight is 832 g/mol. The lowest BCUT2D eigenvalue weighted by molar-refractivity contribution is -0.161. The van der Waals surface area contributed by atoms with Gasteiger partial charge in [0.05, 0.1) is 25.4 Å². The van der Waals surface area contributed by atoms with Crippen LogP contribution in [-0.2, 0) is 42.3 Å². The summed E-state index contributed by atoms with van der Waals surface area (Å²) in [4.78, 5) is 58.6. The van der Waals surface area contributed by atoms with Crippen molar-refractivity contribution in [3.8, 4) is 0 Å². The van der Waals surface area contributed by atoms with E-state index in [4.69, 9.17) is 24.8 Å². The molecule has 14 nitrogen and oxygen atoms in total. The van der Waals surface area contributed by atoms with Gasteiger partial charge in [-0.15, -0.1) is 0 Å². The second kappa shape index (κ2) is 32.4. The van der Waals surface area contributed by atoms with Gasteiger partial charge in [-0.1, -0.05) is 134 Å². The minimum Gasteiger partial charge on any atom is -0.480 e. The van der Waals surface area contributed by atoms with Crippen molar-refractivity contribution < 1.29 is 62.5 Å². The Balaban J connectivity index is 2.52. The minimum atomic E-state index is -4.78. The Bertz CT molecular complexity index is 1230. The number of allylic oxidation sites excluding steroid dienone is 3. The Kier molecular flexibility index (Phi) is 29.9. The van der Waals surface area contributed by atoms with Crippen molar-refractivity contribution in [2.24, 2.45) is 17.6 Å². The highest BCUT2D eigenvalue weighted by atomic mass is 31.2. The molecule has 0 heterocycles. The number of nitrogens with two attached hydrogens (primary N) is 1. The van der Waals surface area contributed by atoms with Gasteiger partial charge in [0.15, 0.2) is 6.10 Å². The Labute approximate surface area is 340 Å². The third kappa shape index (κ3) is 27.0. The fraction of sp³-hybridized carbons (Fsp3) is 0.810. The van der Waals surface area contributed by atoms with Crippen molar-refractivity contribution in [1.29, 1.82) is 0 Å². The molecule has 1 unspecified atom stereocenters. The number of rotatable bonds is 36. The molecule has 57 heavy (non-hydrogen) atoms. The molecule has 1 rings (SSSR count). The summed E-state index contributed by atoms with van der Waals surface area (Å²) < 4.78 is 32.6. The van der Waals surface area contributed by atoms with E-state index >= 15 is 0 Å². The number of aliphatic carboxylic acids is 1. The second-order valence-corrected chi connectivity index (χ2v) is 16.7. The normalized spacial score (nSPS) is 19.8. The van der Waals surface area contributed by atoms with Crippen molar-refractivity contribution in [1.82, 2.24) is 0 Å². The maximum atomic E-state index is 12.6. The molecule has 15 heteroatoms. The Morgan fingerprint density at radius 2 is 1.37 bits per heavy atom. The van der Waals surface area contributed by atoms with Gasteiger partial charge < -0.3 is 35.4 Å². The van der Waals surface area contributed by atoms with Crippen LogP contribution in [0.3, 0.4) is 0 Å². The molecular formula is C42H74NO13P. The van der Waals surface area contributed by atoms with Gasteiger partial charge in [0, 0.05) is 31.1 Å². The fourth-order valence-electron chi connectivity index (χ4n) is 6.58. The topological polar surface area (TPSA) is 229 Å². The van der Waals surface area contributed by atoms with Gasteiger partial charge >= 0.3 is 25.7 Å². The summed E-state index contributed by atoms with van der Waals surface area (Å²) in [5, 5.41) is 29.6. The van der Waals surface area contributed by atoms with Crippen LogP contribution in [0.1, 0.15) is 162 Å². The quantitative estimate of drug-likeness (QED) is 0.0177. The molecule has 6 N–H and O–H groups in total. The summed E-state index contributed by atoms with van der Waals surface area (Å²) >= 11 is 0. The first kappa shape index (κ1) is 52.6. The fourth-order valence-corrected chi connectivity index (χ4v) is 7.35. The largest absolute Gasteiger partial charge is 0.480 e. The molecule has 1 fully saturated rings. The molecule has 0 aliphatic heterocycles. The van der Waals surface area contributed by atoms with E-state index < -0.39 is 75.8 Å². The van der Waals surface area contributed by atoms with Crippen molar-refractivity contribution in [3.63, 3.8) is 0 Å². The molecule has 0 amide bonds. The van der Waals surface area contributed by atoms with Gasteiger partial charge in [0.25, 0.3) is 0 Å². The van der Waals surface area contributed by atoms with Crippen LogP contribution in [0, 0.1) is 11.8 Å². The van der Waals surface area contributed by atoms with Crippen LogP contribution in [0.5, 0.6) is 0 Å². The lowest BCUT2D eigenvalue weighted by Gasteiger charge is -2.20. The first-order valence-electron chi connectivity index (χ1n) is 21.5. The van der Waals surface area contributed by atoms with Crippen molar-refractivity contribution >= 4 is 31.5 Å². The second-order valence-electron chi connectivity index (χ2n) is 15.3. The number of ether oxygens (including phenoxy) is 2. The van der Waals surface area contributed by atoms with Crippen molar-refractivity contribution in [3.05, 3.63) is 24.3 Å². The SMILES string of the molecule is CCCCCCCCCCCCCCCC(=O)O[C@H](COC(=O)CCC/C=C\C[C@H]1[C@@H](O)CC(=O)[C@@H]1/C=C/[C@@H](O)CCCCC)COP(=O)(O)OC[C@H](N)C(=O)O. The molecular weight excluding hydrogens is 757 g/mol. The van der Waals surface area contributed by atoms with E-state index in [0.29, 0.717) is 32.1 Å². The lowest BCUT2D eigenvalue weighted by atomic mass is 9.90. The number of esters is 2. The van der Waals surface area contributed by atoms with Gasteiger partial charge in [-0.05, 0) is 32.1 Å². The van der Waals surface area contributed by atoms with E-state index in [-0.39, 0.29) is 31.0 Å². The Morgan fingerprint density at radius 1 is 0.807 bits per heavy atom. The number of aliphatic hydroxyl groups excluding tert-OH is 2. The van der Waals surface area contributed by atoms with Crippen LogP contribution in [-0.4, -0.2) is 88.1 Å². The number of phosphoric ester groups is 1. The van der Waals surface area contributed by atoms with E-state index in [9.17, 15) is 38.8 Å². The number of Topliss-reactive ketones (excluding diaryl/α,β-unsaturated/α-hetero) is 1. The number of aliphatic hydroxyl groups is 2. The molecule has 0 spiro atoms. The predicted molar refractivity (Wildman–Crippen MR) is 218 cm³/mol. The minimum absolute atomic E-state index is 0.0331. The van der Waals surface area contributed by atoms with E-state index in [1.54, 1.807) is 12.2 Å². The third-order valence-electron chi connectivity index (χ3n) is 10.1. The van der Waals surface area contributed by atoms with Crippen LogP contribution in [0.4, 0.5) is 0 Å².